The molecule has 1 atom stereocenters. The van der Waals surface area contributed by atoms with Crippen molar-refractivity contribution in [1.29, 1.82) is 0 Å². The predicted octanol–water partition coefficient (Wildman–Crippen LogP) is 2.53. The number of nitrogens with two attached hydrogens (primary N) is 1. The van der Waals surface area contributed by atoms with E-state index < -0.39 is 0 Å². The molecule has 1 unspecified atom stereocenters. The van der Waals surface area contributed by atoms with Crippen LogP contribution >= 0.6 is 0 Å². The van der Waals surface area contributed by atoms with Crippen LogP contribution in [0.25, 0.3) is 0 Å². The number of hydrogen-bond donors (Lipinski definition) is 2. The zero-order valence-corrected chi connectivity index (χ0v) is 10.7. The summed E-state index contributed by atoms with van der Waals surface area (Å²) < 4.78 is 0. The summed E-state index contributed by atoms with van der Waals surface area (Å²) in [5.41, 5.74) is 6.20. The van der Waals surface area contributed by atoms with Crippen LogP contribution in [0.1, 0.15) is 52.9 Å². The van der Waals surface area contributed by atoms with Crippen LogP contribution in [0, 0.1) is 11.3 Å². The molecule has 1 aliphatic rings. The van der Waals surface area contributed by atoms with Crippen LogP contribution in [0.3, 0.4) is 0 Å². The van der Waals surface area contributed by atoms with E-state index in [1.54, 1.807) is 0 Å². The molecule has 0 radical (unpaired) electrons. The van der Waals surface area contributed by atoms with Gasteiger partial charge in [0, 0.05) is 12.6 Å². The SMILES string of the molecule is CC(N)CCCNCC(C)(C)C1CCC1. The molecule has 1 saturated carbocycles. The van der Waals surface area contributed by atoms with Gasteiger partial charge in [0.25, 0.3) is 0 Å². The van der Waals surface area contributed by atoms with Gasteiger partial charge in [-0.25, -0.2) is 0 Å². The third-order valence-corrected chi connectivity index (χ3v) is 3.80. The minimum absolute atomic E-state index is 0.353. The van der Waals surface area contributed by atoms with Gasteiger partial charge < -0.3 is 11.1 Å². The van der Waals surface area contributed by atoms with Crippen LogP contribution in [-0.2, 0) is 0 Å². The second kappa shape index (κ2) is 5.86. The first-order valence-corrected chi connectivity index (χ1v) is 6.48. The minimum atomic E-state index is 0.353. The molecule has 1 rings (SSSR count). The quantitative estimate of drug-likeness (QED) is 0.636. The van der Waals surface area contributed by atoms with Crippen molar-refractivity contribution in [2.75, 3.05) is 13.1 Å². The lowest BCUT2D eigenvalue weighted by molar-refractivity contribution is 0.119. The van der Waals surface area contributed by atoms with Gasteiger partial charge in [0.2, 0.25) is 0 Å². The molecule has 1 fully saturated rings. The van der Waals surface area contributed by atoms with Gasteiger partial charge in [-0.3, -0.25) is 0 Å². The third-order valence-electron chi connectivity index (χ3n) is 3.80. The topological polar surface area (TPSA) is 38.0 Å². The van der Waals surface area contributed by atoms with E-state index in [1.165, 1.54) is 25.7 Å². The van der Waals surface area contributed by atoms with Gasteiger partial charge in [-0.1, -0.05) is 20.3 Å². The van der Waals surface area contributed by atoms with E-state index in [9.17, 15) is 0 Å². The molecule has 0 aliphatic heterocycles. The van der Waals surface area contributed by atoms with Crippen LogP contribution in [0.5, 0.6) is 0 Å². The molecular weight excluding hydrogens is 184 g/mol. The van der Waals surface area contributed by atoms with Crippen molar-refractivity contribution in [3.63, 3.8) is 0 Å². The second-order valence-electron chi connectivity index (χ2n) is 5.91. The normalized spacial score (nSPS) is 20.0. The van der Waals surface area contributed by atoms with Crippen LogP contribution < -0.4 is 11.1 Å². The summed E-state index contributed by atoms with van der Waals surface area (Å²) in [5, 5.41) is 3.57. The summed E-state index contributed by atoms with van der Waals surface area (Å²) in [6.07, 6.45) is 6.66. The first-order chi connectivity index (χ1) is 7.02. The molecule has 0 saturated heterocycles. The maximum absolute atomic E-state index is 5.71. The van der Waals surface area contributed by atoms with Crippen molar-refractivity contribution >= 4 is 0 Å². The van der Waals surface area contributed by atoms with E-state index in [-0.39, 0.29) is 0 Å². The highest BCUT2D eigenvalue weighted by molar-refractivity contribution is 4.85. The predicted molar refractivity (Wildman–Crippen MR) is 66.9 cm³/mol. The van der Waals surface area contributed by atoms with Crippen molar-refractivity contribution < 1.29 is 0 Å². The fourth-order valence-electron chi connectivity index (χ4n) is 2.29. The van der Waals surface area contributed by atoms with E-state index in [2.05, 4.69) is 26.1 Å². The Kier molecular flexibility index (Phi) is 5.07. The highest BCUT2D eigenvalue weighted by atomic mass is 14.9. The highest BCUT2D eigenvalue weighted by Gasteiger charge is 2.33. The lowest BCUT2D eigenvalue weighted by atomic mass is 9.67. The van der Waals surface area contributed by atoms with Crippen LogP contribution in [0.15, 0.2) is 0 Å². The van der Waals surface area contributed by atoms with Crippen LogP contribution in [0.2, 0.25) is 0 Å². The zero-order valence-electron chi connectivity index (χ0n) is 10.7. The second-order valence-corrected chi connectivity index (χ2v) is 5.91. The van der Waals surface area contributed by atoms with Gasteiger partial charge >= 0.3 is 0 Å². The van der Waals surface area contributed by atoms with Crippen LogP contribution in [-0.4, -0.2) is 19.1 Å². The third kappa shape index (κ3) is 4.52. The highest BCUT2D eigenvalue weighted by Crippen LogP contribution is 2.41. The molecule has 90 valence electrons. The van der Waals surface area contributed by atoms with Gasteiger partial charge in [0.15, 0.2) is 0 Å². The van der Waals surface area contributed by atoms with Crippen LogP contribution in [0.4, 0.5) is 0 Å². The van der Waals surface area contributed by atoms with E-state index in [0.29, 0.717) is 11.5 Å². The van der Waals surface area contributed by atoms with E-state index in [0.717, 1.165) is 25.4 Å². The summed E-state index contributed by atoms with van der Waals surface area (Å²) in [6, 6.07) is 0.353. The Labute approximate surface area is 95.0 Å². The molecule has 2 heteroatoms. The number of rotatable bonds is 7. The van der Waals surface area contributed by atoms with E-state index >= 15 is 0 Å². The standard InChI is InChI=1S/C13H28N2/c1-11(14)6-5-9-15-10-13(2,3)12-7-4-8-12/h11-12,15H,4-10,14H2,1-3H3. The molecule has 0 aromatic rings. The maximum Gasteiger partial charge on any atom is 0.00109 e. The molecule has 0 spiro atoms. The van der Waals surface area contributed by atoms with Gasteiger partial charge in [-0.05, 0) is 50.5 Å². The summed E-state index contributed by atoms with van der Waals surface area (Å²) in [7, 11) is 0. The lowest BCUT2D eigenvalue weighted by Gasteiger charge is -2.40. The Morgan fingerprint density at radius 2 is 2.07 bits per heavy atom. The fourth-order valence-corrected chi connectivity index (χ4v) is 2.29. The molecule has 2 nitrogen and oxygen atoms in total. The average molecular weight is 212 g/mol. The Morgan fingerprint density at radius 1 is 1.40 bits per heavy atom. The molecule has 0 aromatic heterocycles. The van der Waals surface area contributed by atoms with E-state index in [4.69, 9.17) is 5.73 Å². The molecule has 0 bridgehead atoms. The first-order valence-electron chi connectivity index (χ1n) is 6.48. The van der Waals surface area contributed by atoms with Gasteiger partial charge in [0.05, 0.1) is 0 Å². The summed E-state index contributed by atoms with van der Waals surface area (Å²) in [5.74, 6) is 0.957. The molecule has 0 heterocycles. The van der Waals surface area contributed by atoms with Crippen molar-refractivity contribution in [3.8, 4) is 0 Å². The average Bonchev–Trinajstić information content (AvgIpc) is 1.98. The van der Waals surface area contributed by atoms with Crippen molar-refractivity contribution in [3.05, 3.63) is 0 Å². The van der Waals surface area contributed by atoms with Gasteiger partial charge in [-0.2, -0.15) is 0 Å². The number of hydrogen-bond acceptors (Lipinski definition) is 2. The zero-order chi connectivity index (χ0) is 11.3. The molecule has 0 amide bonds. The van der Waals surface area contributed by atoms with Crippen molar-refractivity contribution in [1.82, 2.24) is 5.32 Å². The van der Waals surface area contributed by atoms with Crippen molar-refractivity contribution in [2.45, 2.75) is 58.9 Å². The minimum Gasteiger partial charge on any atom is -0.328 e. The largest absolute Gasteiger partial charge is 0.328 e. The monoisotopic (exact) mass is 212 g/mol. The number of nitrogens with one attached hydrogen (secondary N) is 1. The summed E-state index contributed by atoms with van der Waals surface area (Å²) >= 11 is 0. The Morgan fingerprint density at radius 3 is 2.53 bits per heavy atom. The summed E-state index contributed by atoms with van der Waals surface area (Å²) in [6.45, 7) is 9.16. The molecular formula is C13H28N2. The maximum atomic E-state index is 5.71. The molecule has 0 aromatic carbocycles. The first kappa shape index (κ1) is 13.0. The summed E-state index contributed by atoms with van der Waals surface area (Å²) in [4.78, 5) is 0. The molecule has 1 aliphatic carbocycles. The van der Waals surface area contributed by atoms with E-state index in [1.807, 2.05) is 0 Å². The van der Waals surface area contributed by atoms with Gasteiger partial charge in [0.1, 0.15) is 0 Å². The molecule has 15 heavy (non-hydrogen) atoms. The van der Waals surface area contributed by atoms with Gasteiger partial charge in [-0.15, -0.1) is 0 Å². The fraction of sp³-hybridized carbons (Fsp3) is 1.00. The Balaban J connectivity index is 2.03. The Hall–Kier alpha value is -0.0800. The smallest absolute Gasteiger partial charge is 0.00109 e. The lowest BCUT2D eigenvalue weighted by Crippen LogP contribution is -2.39. The molecule has 3 N–H and O–H groups in total. The van der Waals surface area contributed by atoms with Crippen molar-refractivity contribution in [2.24, 2.45) is 17.1 Å². The Bertz CT molecular complexity index is 171.